The number of halogens is 5. The Bertz CT molecular complexity index is 1050. The molecule has 30 heavy (non-hydrogen) atoms. The molecule has 11 heteroatoms. The van der Waals surface area contributed by atoms with Crippen molar-refractivity contribution in [3.63, 3.8) is 0 Å². The summed E-state index contributed by atoms with van der Waals surface area (Å²) in [6.07, 6.45) is -1.90. The Balaban J connectivity index is 2.44. The van der Waals surface area contributed by atoms with Crippen LogP contribution in [0.3, 0.4) is 0 Å². The first kappa shape index (κ1) is 21.5. The van der Waals surface area contributed by atoms with E-state index in [0.29, 0.717) is 6.42 Å². The summed E-state index contributed by atoms with van der Waals surface area (Å²) >= 11 is 0. The Kier molecular flexibility index (Phi) is 4.76. The fourth-order valence-corrected chi connectivity index (χ4v) is 4.43. The van der Waals surface area contributed by atoms with Gasteiger partial charge in [0, 0.05) is 6.92 Å². The van der Waals surface area contributed by atoms with Crippen molar-refractivity contribution in [3.05, 3.63) is 34.6 Å². The van der Waals surface area contributed by atoms with Crippen molar-refractivity contribution in [2.45, 2.75) is 38.6 Å². The molecule has 2 bridgehead atoms. The maximum atomic E-state index is 14.6. The third kappa shape index (κ3) is 2.20. The topological polar surface area (TPSA) is 114 Å². The van der Waals surface area contributed by atoms with Gasteiger partial charge in [0.2, 0.25) is 22.9 Å². The summed E-state index contributed by atoms with van der Waals surface area (Å²) in [5.41, 5.74) is -6.79. The van der Waals surface area contributed by atoms with Crippen LogP contribution in [-0.2, 0) is 9.47 Å². The van der Waals surface area contributed by atoms with Gasteiger partial charge in [-0.3, -0.25) is 5.41 Å². The van der Waals surface area contributed by atoms with E-state index in [1.54, 1.807) is 13.0 Å². The Morgan fingerprint density at radius 2 is 1.43 bits per heavy atom. The molecular weight excluding hydrogens is 411 g/mol. The minimum Gasteiger partial charge on any atom is -0.448 e. The predicted molar refractivity (Wildman–Crippen MR) is 87.4 cm³/mol. The van der Waals surface area contributed by atoms with Crippen LogP contribution < -0.4 is 0 Å². The second-order valence-electron chi connectivity index (χ2n) is 7.22. The zero-order valence-corrected chi connectivity index (χ0v) is 15.6. The summed E-state index contributed by atoms with van der Waals surface area (Å²) in [6, 6.07) is 4.67. The zero-order valence-electron chi connectivity index (χ0n) is 15.6. The summed E-state index contributed by atoms with van der Waals surface area (Å²) in [5, 5.41) is 37.9. The number of nitriles is 3. The second-order valence-corrected chi connectivity index (χ2v) is 7.22. The molecule has 6 nitrogen and oxygen atoms in total. The first-order valence-electron chi connectivity index (χ1n) is 8.73. The lowest BCUT2D eigenvalue weighted by molar-refractivity contribution is -0.275. The Labute approximate surface area is 167 Å². The average molecular weight is 424 g/mol. The van der Waals surface area contributed by atoms with E-state index in [0.717, 1.165) is 0 Å². The van der Waals surface area contributed by atoms with Crippen molar-refractivity contribution in [2.75, 3.05) is 0 Å². The molecule has 1 N–H and O–H groups in total. The third-order valence-corrected chi connectivity index (χ3v) is 5.80. The quantitative estimate of drug-likeness (QED) is 0.445. The lowest BCUT2D eigenvalue weighted by Crippen LogP contribution is -2.59. The molecule has 2 heterocycles. The molecule has 156 valence electrons. The molecule has 2 aliphatic heterocycles. The highest BCUT2D eigenvalue weighted by Crippen LogP contribution is 2.67. The summed E-state index contributed by atoms with van der Waals surface area (Å²) in [5.74, 6) is -15.5. The molecule has 0 radical (unpaired) electrons. The summed E-state index contributed by atoms with van der Waals surface area (Å²) in [7, 11) is 0. The molecule has 0 aromatic heterocycles. The van der Waals surface area contributed by atoms with Crippen LogP contribution in [0.25, 0.3) is 0 Å². The number of nitrogens with one attached hydrogen (secondary N) is 1. The molecule has 0 spiro atoms. The van der Waals surface area contributed by atoms with E-state index < -0.39 is 69.2 Å². The van der Waals surface area contributed by atoms with E-state index >= 15 is 0 Å². The van der Waals surface area contributed by atoms with Crippen LogP contribution >= 0.6 is 0 Å². The van der Waals surface area contributed by atoms with E-state index in [1.807, 2.05) is 0 Å². The smallest absolute Gasteiger partial charge is 0.214 e. The van der Waals surface area contributed by atoms with Crippen LogP contribution in [0, 0.1) is 85.2 Å². The van der Waals surface area contributed by atoms with E-state index in [4.69, 9.17) is 14.9 Å². The minimum absolute atomic E-state index is 0.112. The standard InChI is InChI=1S/C19H13F5N4O2/c1-3-4-8-17(2)29-15(9-10(20)12(22)14(24)13(23)11(9)21)18(5-25,6-26)19(8,7-27)16(28)30-17/h8,15,28H,3-4H2,1-2H3. The highest BCUT2D eigenvalue weighted by Gasteiger charge is 2.79. The molecule has 4 atom stereocenters. The molecule has 1 aromatic rings. The molecule has 0 aliphatic carbocycles. The predicted octanol–water partition coefficient (Wildman–Crippen LogP) is 4.14. The van der Waals surface area contributed by atoms with Crippen molar-refractivity contribution in [1.29, 1.82) is 21.2 Å². The molecule has 2 saturated heterocycles. The van der Waals surface area contributed by atoms with Crippen LogP contribution in [0.5, 0.6) is 0 Å². The van der Waals surface area contributed by atoms with Gasteiger partial charge in [-0.15, -0.1) is 0 Å². The van der Waals surface area contributed by atoms with Gasteiger partial charge in [-0.2, -0.15) is 15.8 Å². The molecule has 0 saturated carbocycles. The molecule has 3 rings (SSSR count). The van der Waals surface area contributed by atoms with Crippen molar-refractivity contribution in [1.82, 2.24) is 0 Å². The molecule has 2 aliphatic rings. The van der Waals surface area contributed by atoms with Crippen molar-refractivity contribution < 1.29 is 31.4 Å². The van der Waals surface area contributed by atoms with Gasteiger partial charge in [0.25, 0.3) is 0 Å². The van der Waals surface area contributed by atoms with Crippen LogP contribution in [0.1, 0.15) is 38.4 Å². The van der Waals surface area contributed by atoms with Gasteiger partial charge in [-0.05, 0) is 6.42 Å². The summed E-state index contributed by atoms with van der Waals surface area (Å²) in [6.45, 7) is 2.92. The Morgan fingerprint density at radius 3 is 1.87 bits per heavy atom. The molecule has 1 aromatic carbocycles. The van der Waals surface area contributed by atoms with Crippen LogP contribution in [-0.4, -0.2) is 11.7 Å². The molecular formula is C19H13F5N4O2. The number of rotatable bonds is 3. The highest BCUT2D eigenvalue weighted by molar-refractivity contribution is 5.89. The SMILES string of the molecule is CCCC1C2(C)OC(=N)C1(C#N)C(C#N)(C#N)C(c1c(F)c(F)c(F)c(F)c1F)O2. The normalized spacial score (nSPS) is 31.4. The lowest BCUT2D eigenvalue weighted by Gasteiger charge is -2.48. The number of hydrogen-bond acceptors (Lipinski definition) is 6. The monoisotopic (exact) mass is 424 g/mol. The van der Waals surface area contributed by atoms with Crippen LogP contribution in [0.2, 0.25) is 0 Å². The molecule has 2 fully saturated rings. The zero-order chi connectivity index (χ0) is 22.6. The lowest BCUT2D eigenvalue weighted by atomic mass is 9.52. The number of hydrogen-bond donors (Lipinski definition) is 1. The number of ether oxygens (including phenoxy) is 2. The van der Waals surface area contributed by atoms with Gasteiger partial charge in [0.1, 0.15) is 6.10 Å². The van der Waals surface area contributed by atoms with Gasteiger partial charge < -0.3 is 9.47 Å². The molecule has 4 unspecified atom stereocenters. The Morgan fingerprint density at radius 1 is 0.933 bits per heavy atom. The maximum Gasteiger partial charge on any atom is 0.214 e. The van der Waals surface area contributed by atoms with E-state index in [9.17, 15) is 37.7 Å². The number of benzene rings is 1. The van der Waals surface area contributed by atoms with Crippen LogP contribution in [0.4, 0.5) is 22.0 Å². The van der Waals surface area contributed by atoms with E-state index in [1.165, 1.54) is 19.1 Å². The largest absolute Gasteiger partial charge is 0.448 e. The fourth-order valence-electron chi connectivity index (χ4n) is 4.43. The highest BCUT2D eigenvalue weighted by atomic mass is 19.2. The first-order valence-corrected chi connectivity index (χ1v) is 8.73. The third-order valence-electron chi connectivity index (χ3n) is 5.80. The average Bonchev–Trinajstić information content (AvgIpc) is 2.88. The van der Waals surface area contributed by atoms with Gasteiger partial charge in [0.05, 0.1) is 29.7 Å². The summed E-state index contributed by atoms with van der Waals surface area (Å²) in [4.78, 5) is 0. The van der Waals surface area contributed by atoms with Crippen LogP contribution in [0.15, 0.2) is 0 Å². The van der Waals surface area contributed by atoms with Crippen molar-refractivity contribution in [3.8, 4) is 18.2 Å². The summed E-state index contributed by atoms with van der Waals surface area (Å²) < 4.78 is 81.2. The Hall–Kier alpha value is -3.23. The minimum atomic E-state index is -2.84. The van der Waals surface area contributed by atoms with Gasteiger partial charge in [0.15, 0.2) is 28.7 Å². The fraction of sp³-hybridized carbons (Fsp3) is 0.474. The second kappa shape index (κ2) is 6.65. The first-order chi connectivity index (χ1) is 14.0. The van der Waals surface area contributed by atoms with E-state index in [-0.39, 0.29) is 6.42 Å². The van der Waals surface area contributed by atoms with Crippen molar-refractivity contribution >= 4 is 5.90 Å². The number of nitrogens with zero attached hydrogens (tertiary/aromatic N) is 3. The van der Waals surface area contributed by atoms with Gasteiger partial charge >= 0.3 is 0 Å². The van der Waals surface area contributed by atoms with E-state index in [2.05, 4.69) is 0 Å². The molecule has 0 amide bonds. The van der Waals surface area contributed by atoms with Gasteiger partial charge in [-0.25, -0.2) is 22.0 Å². The van der Waals surface area contributed by atoms with Gasteiger partial charge in [-0.1, -0.05) is 13.3 Å². The number of fused-ring (bicyclic) bond motifs is 2. The maximum absolute atomic E-state index is 14.6. The van der Waals surface area contributed by atoms with Crippen molar-refractivity contribution in [2.24, 2.45) is 16.7 Å².